The van der Waals surface area contributed by atoms with Crippen LogP contribution in [0.1, 0.15) is 33.6 Å². The molecule has 0 radical (unpaired) electrons. The lowest BCUT2D eigenvalue weighted by molar-refractivity contribution is 0.804. The predicted octanol–water partition coefficient (Wildman–Crippen LogP) is 2.14. The zero-order valence-corrected chi connectivity index (χ0v) is 8.57. The molecule has 0 fully saturated rings. The van der Waals surface area contributed by atoms with Crippen LogP contribution in [0.2, 0.25) is 0 Å². The second-order valence-electron chi connectivity index (χ2n) is 3.05. The second kappa shape index (κ2) is 5.70. The van der Waals surface area contributed by atoms with Crippen LogP contribution >= 0.6 is 0 Å². The number of nitrogens with one attached hydrogen (secondary N) is 1. The van der Waals surface area contributed by atoms with E-state index in [1.165, 1.54) is 11.3 Å². The van der Waals surface area contributed by atoms with Gasteiger partial charge in [-0.25, -0.2) is 0 Å². The van der Waals surface area contributed by atoms with Crippen molar-refractivity contribution in [3.8, 4) is 0 Å². The summed E-state index contributed by atoms with van der Waals surface area (Å²) >= 11 is 0. The highest BCUT2D eigenvalue weighted by Crippen LogP contribution is 2.09. The quantitative estimate of drug-likeness (QED) is 0.631. The Morgan fingerprint density at radius 2 is 2.00 bits per heavy atom. The van der Waals surface area contributed by atoms with Gasteiger partial charge in [-0.15, -0.1) is 0 Å². The number of allylic oxidation sites excluding steroid dienone is 4. The Morgan fingerprint density at radius 3 is 2.33 bits per heavy atom. The molecule has 0 aromatic heterocycles. The Labute approximate surface area is 75.5 Å². The molecular formula is C10H20N2. The number of hydrogen-bond donors (Lipinski definition) is 2. The maximum absolute atomic E-state index is 5.58. The first kappa shape index (κ1) is 11.1. The van der Waals surface area contributed by atoms with Crippen molar-refractivity contribution in [1.82, 2.24) is 5.32 Å². The Kier molecular flexibility index (Phi) is 5.26. The summed E-state index contributed by atoms with van der Waals surface area (Å²) < 4.78 is 0. The molecule has 2 heteroatoms. The molecule has 0 aliphatic heterocycles. The zero-order chi connectivity index (χ0) is 9.56. The number of rotatable bonds is 4. The Hall–Kier alpha value is -0.920. The van der Waals surface area contributed by atoms with Crippen LogP contribution in [0.15, 0.2) is 23.0 Å². The van der Waals surface area contributed by atoms with Gasteiger partial charge in [0.15, 0.2) is 0 Å². The van der Waals surface area contributed by atoms with Crippen LogP contribution in [0.3, 0.4) is 0 Å². The molecular weight excluding hydrogens is 148 g/mol. The first-order valence-electron chi connectivity index (χ1n) is 4.43. The summed E-state index contributed by atoms with van der Waals surface area (Å²) in [6.45, 7) is 6.16. The third-order valence-corrected chi connectivity index (χ3v) is 1.72. The first-order chi connectivity index (χ1) is 5.61. The van der Waals surface area contributed by atoms with Crippen molar-refractivity contribution in [3.05, 3.63) is 23.0 Å². The van der Waals surface area contributed by atoms with Gasteiger partial charge in [-0.05, 0) is 31.9 Å². The van der Waals surface area contributed by atoms with Crippen molar-refractivity contribution in [2.45, 2.75) is 33.6 Å². The molecule has 0 aliphatic carbocycles. The van der Waals surface area contributed by atoms with Crippen molar-refractivity contribution in [2.75, 3.05) is 7.05 Å². The minimum Gasteiger partial charge on any atom is -0.402 e. The summed E-state index contributed by atoms with van der Waals surface area (Å²) in [6, 6.07) is 0. The van der Waals surface area contributed by atoms with E-state index in [2.05, 4.69) is 19.2 Å². The highest BCUT2D eigenvalue weighted by Gasteiger charge is 1.96. The van der Waals surface area contributed by atoms with Crippen LogP contribution in [-0.2, 0) is 0 Å². The lowest BCUT2D eigenvalue weighted by Crippen LogP contribution is -2.08. The van der Waals surface area contributed by atoms with E-state index in [-0.39, 0.29) is 0 Å². The SMILES string of the molecule is CCC/C(NC)=C(C)\C=C(\C)N. The van der Waals surface area contributed by atoms with Gasteiger partial charge in [-0.1, -0.05) is 13.3 Å². The van der Waals surface area contributed by atoms with Gasteiger partial charge in [-0.2, -0.15) is 0 Å². The summed E-state index contributed by atoms with van der Waals surface area (Å²) in [7, 11) is 1.95. The molecule has 0 unspecified atom stereocenters. The smallest absolute Gasteiger partial charge is 0.0134 e. The highest BCUT2D eigenvalue weighted by atomic mass is 14.8. The van der Waals surface area contributed by atoms with Crippen molar-refractivity contribution in [3.63, 3.8) is 0 Å². The Balaban J connectivity index is 4.48. The Morgan fingerprint density at radius 1 is 1.42 bits per heavy atom. The summed E-state index contributed by atoms with van der Waals surface area (Å²) in [4.78, 5) is 0. The van der Waals surface area contributed by atoms with Crippen molar-refractivity contribution in [1.29, 1.82) is 0 Å². The summed E-state index contributed by atoms with van der Waals surface area (Å²) in [5.41, 5.74) is 8.95. The van der Waals surface area contributed by atoms with E-state index >= 15 is 0 Å². The first-order valence-corrected chi connectivity index (χ1v) is 4.43. The molecule has 0 aromatic carbocycles. The molecule has 70 valence electrons. The maximum Gasteiger partial charge on any atom is 0.0134 e. The van der Waals surface area contributed by atoms with E-state index in [1.807, 2.05) is 20.0 Å². The average molecular weight is 168 g/mol. The molecule has 0 saturated carbocycles. The molecule has 0 bridgehead atoms. The lowest BCUT2D eigenvalue weighted by Gasteiger charge is -2.08. The number of hydrogen-bond acceptors (Lipinski definition) is 2. The largest absolute Gasteiger partial charge is 0.402 e. The van der Waals surface area contributed by atoms with Crippen LogP contribution in [0, 0.1) is 0 Å². The van der Waals surface area contributed by atoms with Crippen LogP contribution in [0.5, 0.6) is 0 Å². The third-order valence-electron chi connectivity index (χ3n) is 1.72. The fraction of sp³-hybridized carbons (Fsp3) is 0.600. The minimum atomic E-state index is 0.858. The molecule has 0 heterocycles. The van der Waals surface area contributed by atoms with E-state index in [4.69, 9.17) is 5.73 Å². The minimum absolute atomic E-state index is 0.858. The summed E-state index contributed by atoms with van der Waals surface area (Å²) in [6.07, 6.45) is 4.25. The monoisotopic (exact) mass is 168 g/mol. The lowest BCUT2D eigenvalue weighted by atomic mass is 10.1. The third kappa shape index (κ3) is 4.06. The molecule has 0 rings (SSSR count). The van der Waals surface area contributed by atoms with Gasteiger partial charge >= 0.3 is 0 Å². The Bertz CT molecular complexity index is 186. The van der Waals surface area contributed by atoms with Gasteiger partial charge in [0.2, 0.25) is 0 Å². The summed E-state index contributed by atoms with van der Waals surface area (Å²) in [5, 5.41) is 3.19. The van der Waals surface area contributed by atoms with Crippen molar-refractivity contribution >= 4 is 0 Å². The molecule has 0 amide bonds. The summed E-state index contributed by atoms with van der Waals surface area (Å²) in [5.74, 6) is 0. The predicted molar refractivity (Wildman–Crippen MR) is 54.6 cm³/mol. The second-order valence-corrected chi connectivity index (χ2v) is 3.05. The van der Waals surface area contributed by atoms with Gasteiger partial charge in [0, 0.05) is 18.4 Å². The van der Waals surface area contributed by atoms with Gasteiger partial charge in [-0.3, -0.25) is 0 Å². The van der Waals surface area contributed by atoms with Crippen LogP contribution in [-0.4, -0.2) is 7.05 Å². The van der Waals surface area contributed by atoms with Crippen LogP contribution in [0.4, 0.5) is 0 Å². The van der Waals surface area contributed by atoms with E-state index in [0.29, 0.717) is 0 Å². The van der Waals surface area contributed by atoms with Gasteiger partial charge in [0.1, 0.15) is 0 Å². The van der Waals surface area contributed by atoms with Crippen LogP contribution in [0.25, 0.3) is 0 Å². The van der Waals surface area contributed by atoms with E-state index in [1.54, 1.807) is 0 Å². The normalized spacial score (nSPS) is 14.2. The van der Waals surface area contributed by atoms with Gasteiger partial charge in [0.25, 0.3) is 0 Å². The molecule has 12 heavy (non-hydrogen) atoms. The van der Waals surface area contributed by atoms with Crippen LogP contribution < -0.4 is 11.1 Å². The molecule has 0 saturated heterocycles. The van der Waals surface area contributed by atoms with E-state index in [9.17, 15) is 0 Å². The van der Waals surface area contributed by atoms with E-state index < -0.39 is 0 Å². The molecule has 0 aromatic rings. The standard InChI is InChI=1S/C10H20N2/c1-5-6-10(12-4)8(2)7-9(3)11/h7,12H,5-6,11H2,1-4H3/b9-7-,10-8+. The fourth-order valence-electron chi connectivity index (χ4n) is 1.20. The van der Waals surface area contributed by atoms with E-state index in [0.717, 1.165) is 18.5 Å². The van der Waals surface area contributed by atoms with Crippen molar-refractivity contribution in [2.24, 2.45) is 5.73 Å². The molecule has 3 N–H and O–H groups in total. The molecule has 2 nitrogen and oxygen atoms in total. The molecule has 0 spiro atoms. The average Bonchev–Trinajstić information content (AvgIpc) is 1.98. The zero-order valence-electron chi connectivity index (χ0n) is 8.57. The highest BCUT2D eigenvalue weighted by molar-refractivity contribution is 5.24. The van der Waals surface area contributed by atoms with Gasteiger partial charge < -0.3 is 11.1 Å². The number of nitrogens with two attached hydrogens (primary N) is 1. The topological polar surface area (TPSA) is 38.0 Å². The molecule has 0 atom stereocenters. The fourth-order valence-corrected chi connectivity index (χ4v) is 1.20. The van der Waals surface area contributed by atoms with Gasteiger partial charge in [0.05, 0.1) is 0 Å². The maximum atomic E-state index is 5.58. The molecule has 0 aliphatic rings. The van der Waals surface area contributed by atoms with Crippen molar-refractivity contribution < 1.29 is 0 Å².